The number of ether oxygens (including phenoxy) is 4. The highest BCUT2D eigenvalue weighted by Crippen LogP contribution is 2.36. The summed E-state index contributed by atoms with van der Waals surface area (Å²) in [5, 5.41) is 0.687. The van der Waals surface area contributed by atoms with Crippen LogP contribution in [-0.4, -0.2) is 26.0 Å². The number of fused-ring (bicyclic) bond motifs is 1. The summed E-state index contributed by atoms with van der Waals surface area (Å²) >= 11 is 12.2. The third-order valence-electron chi connectivity index (χ3n) is 4.74. The van der Waals surface area contributed by atoms with E-state index in [1.165, 1.54) is 44.6 Å². The Morgan fingerprint density at radius 2 is 1.75 bits per heavy atom. The molecule has 0 radical (unpaired) electrons. The maximum atomic E-state index is 12.7. The predicted octanol–water partition coefficient (Wildman–Crippen LogP) is 5.85. The van der Waals surface area contributed by atoms with Crippen molar-refractivity contribution in [3.05, 3.63) is 87.1 Å². The molecule has 0 saturated heterocycles. The number of Topliss-reactive ketones (excluding diaryl/α,β-unsaturated/α-hetero) is 1. The lowest BCUT2D eigenvalue weighted by molar-refractivity contribution is 0.0734. The van der Waals surface area contributed by atoms with Gasteiger partial charge in [-0.2, -0.15) is 0 Å². The van der Waals surface area contributed by atoms with Crippen molar-refractivity contribution in [3.8, 4) is 23.0 Å². The number of rotatable bonds is 5. The second-order valence-corrected chi connectivity index (χ2v) is 7.49. The lowest BCUT2D eigenvalue weighted by Crippen LogP contribution is -2.09. The van der Waals surface area contributed by atoms with Crippen LogP contribution in [0.5, 0.6) is 23.0 Å². The first-order chi connectivity index (χ1) is 15.4. The van der Waals surface area contributed by atoms with E-state index in [4.69, 9.17) is 42.1 Å². The van der Waals surface area contributed by atoms with E-state index in [0.29, 0.717) is 32.7 Å². The van der Waals surface area contributed by atoms with Crippen molar-refractivity contribution in [2.24, 2.45) is 0 Å². The fraction of sp³-hybridized carbons (Fsp3) is 0.0833. The van der Waals surface area contributed by atoms with Crippen molar-refractivity contribution in [2.75, 3.05) is 14.2 Å². The number of allylic oxidation sites excluding steroid dienone is 1. The van der Waals surface area contributed by atoms with E-state index in [2.05, 4.69) is 0 Å². The third-order valence-corrected chi connectivity index (χ3v) is 5.57. The van der Waals surface area contributed by atoms with Crippen LogP contribution in [-0.2, 0) is 0 Å². The first-order valence-corrected chi connectivity index (χ1v) is 10.1. The highest BCUT2D eigenvalue weighted by atomic mass is 35.5. The van der Waals surface area contributed by atoms with Gasteiger partial charge in [-0.3, -0.25) is 4.79 Å². The van der Waals surface area contributed by atoms with E-state index in [-0.39, 0.29) is 28.6 Å². The zero-order valence-electron chi connectivity index (χ0n) is 17.0. The Labute approximate surface area is 193 Å². The topological polar surface area (TPSA) is 71.1 Å². The molecule has 0 unspecified atom stereocenters. The zero-order valence-corrected chi connectivity index (χ0v) is 18.5. The van der Waals surface area contributed by atoms with Crippen molar-refractivity contribution in [3.63, 3.8) is 0 Å². The lowest BCUT2D eigenvalue weighted by Gasteiger charge is -2.10. The number of carbonyl (C=O) groups is 2. The van der Waals surface area contributed by atoms with Crippen molar-refractivity contribution < 1.29 is 28.5 Å². The Kier molecular flexibility index (Phi) is 6.08. The molecule has 0 bridgehead atoms. The molecule has 32 heavy (non-hydrogen) atoms. The van der Waals surface area contributed by atoms with Crippen molar-refractivity contribution >= 4 is 41.0 Å². The molecule has 0 aliphatic carbocycles. The number of hydrogen-bond acceptors (Lipinski definition) is 6. The maximum absolute atomic E-state index is 12.7. The molecule has 0 saturated carbocycles. The molecule has 0 amide bonds. The smallest absolute Gasteiger partial charge is 0.343 e. The molecular formula is C24H16Cl2O6. The number of carbonyl (C=O) groups excluding carboxylic acids is 2. The van der Waals surface area contributed by atoms with Crippen LogP contribution in [0.3, 0.4) is 0 Å². The number of ketones is 1. The van der Waals surface area contributed by atoms with E-state index in [1.54, 1.807) is 30.3 Å². The molecule has 8 heteroatoms. The number of benzene rings is 3. The highest BCUT2D eigenvalue weighted by molar-refractivity contribution is 6.43. The molecule has 1 heterocycles. The molecule has 1 aliphatic rings. The Morgan fingerprint density at radius 3 is 2.50 bits per heavy atom. The minimum atomic E-state index is -0.600. The molecule has 6 nitrogen and oxygen atoms in total. The molecular weight excluding hydrogens is 455 g/mol. The van der Waals surface area contributed by atoms with Crippen molar-refractivity contribution in [1.29, 1.82) is 0 Å². The van der Waals surface area contributed by atoms with Crippen molar-refractivity contribution in [1.82, 2.24) is 0 Å². The highest BCUT2D eigenvalue weighted by Gasteiger charge is 2.28. The van der Waals surface area contributed by atoms with Gasteiger partial charge in [-0.15, -0.1) is 0 Å². The summed E-state index contributed by atoms with van der Waals surface area (Å²) in [6.45, 7) is 0. The molecule has 162 valence electrons. The molecule has 0 spiro atoms. The first kappa shape index (κ1) is 21.7. The molecule has 0 aromatic heterocycles. The van der Waals surface area contributed by atoms with Crippen LogP contribution >= 0.6 is 23.2 Å². The number of halogens is 2. The Bertz CT molecular complexity index is 1270. The maximum Gasteiger partial charge on any atom is 0.343 e. The standard InChI is InChI=1S/C24H16Cl2O6/c1-29-18-9-6-14(11-20(18)30-2)24(28)31-15-7-8-16-19(12-15)32-21(23(16)27)10-13-4-3-5-17(25)22(13)26/h3-12H,1-2H3. The number of esters is 1. The fourth-order valence-corrected chi connectivity index (χ4v) is 3.50. The van der Waals surface area contributed by atoms with E-state index in [1.807, 2.05) is 0 Å². The van der Waals surface area contributed by atoms with Gasteiger partial charge in [-0.05, 0) is 48.0 Å². The quantitative estimate of drug-likeness (QED) is 0.264. The second kappa shape index (κ2) is 8.94. The van der Waals surface area contributed by atoms with Crippen LogP contribution in [0.1, 0.15) is 26.3 Å². The summed E-state index contributed by atoms with van der Waals surface area (Å²) < 4.78 is 21.5. The van der Waals surface area contributed by atoms with Crippen molar-refractivity contribution in [2.45, 2.75) is 0 Å². The van der Waals surface area contributed by atoms with Crippen LogP contribution in [0.4, 0.5) is 0 Å². The molecule has 1 aliphatic heterocycles. The van der Waals surface area contributed by atoms with Gasteiger partial charge in [0.2, 0.25) is 5.78 Å². The van der Waals surface area contributed by atoms with E-state index in [0.717, 1.165) is 0 Å². The summed E-state index contributed by atoms with van der Waals surface area (Å²) in [7, 11) is 2.98. The predicted molar refractivity (Wildman–Crippen MR) is 120 cm³/mol. The largest absolute Gasteiger partial charge is 0.493 e. The fourth-order valence-electron chi connectivity index (χ4n) is 3.13. The molecule has 4 rings (SSSR count). The van der Waals surface area contributed by atoms with Crippen LogP contribution in [0.15, 0.2) is 60.4 Å². The summed E-state index contributed by atoms with van der Waals surface area (Å²) in [6.07, 6.45) is 1.52. The van der Waals surface area contributed by atoms with Crippen LogP contribution in [0.2, 0.25) is 10.0 Å². The summed E-state index contributed by atoms with van der Waals surface area (Å²) in [5.41, 5.74) is 1.17. The van der Waals surface area contributed by atoms with E-state index in [9.17, 15) is 9.59 Å². The van der Waals surface area contributed by atoms with Gasteiger partial charge >= 0.3 is 5.97 Å². The molecule has 0 N–H and O–H groups in total. The van der Waals surface area contributed by atoms with Gasteiger partial charge in [-0.25, -0.2) is 4.79 Å². The monoisotopic (exact) mass is 470 g/mol. The molecule has 0 atom stereocenters. The normalized spacial score (nSPS) is 13.5. The third kappa shape index (κ3) is 4.15. The average molecular weight is 471 g/mol. The molecule has 3 aromatic rings. The second-order valence-electron chi connectivity index (χ2n) is 6.70. The Morgan fingerprint density at radius 1 is 0.969 bits per heavy atom. The lowest BCUT2D eigenvalue weighted by atomic mass is 10.1. The van der Waals surface area contributed by atoms with Gasteiger partial charge < -0.3 is 18.9 Å². The summed E-state index contributed by atoms with van der Waals surface area (Å²) in [4.78, 5) is 25.2. The van der Waals surface area contributed by atoms with Gasteiger partial charge in [0.05, 0.1) is 35.4 Å². The van der Waals surface area contributed by atoms with Crippen LogP contribution < -0.4 is 18.9 Å². The summed E-state index contributed by atoms with van der Waals surface area (Å²) in [6, 6.07) is 14.3. The number of hydrogen-bond donors (Lipinski definition) is 0. The Balaban J connectivity index is 1.56. The van der Waals surface area contributed by atoms with Crippen LogP contribution in [0, 0.1) is 0 Å². The van der Waals surface area contributed by atoms with Gasteiger partial charge in [-0.1, -0.05) is 35.3 Å². The Hall–Kier alpha value is -3.48. The van der Waals surface area contributed by atoms with Gasteiger partial charge in [0.15, 0.2) is 17.3 Å². The summed E-state index contributed by atoms with van der Waals surface area (Å²) in [5.74, 6) is 0.570. The molecule has 3 aromatic carbocycles. The first-order valence-electron chi connectivity index (χ1n) is 9.37. The van der Waals surface area contributed by atoms with E-state index < -0.39 is 5.97 Å². The van der Waals surface area contributed by atoms with Gasteiger partial charge in [0.25, 0.3) is 0 Å². The van der Waals surface area contributed by atoms with Gasteiger partial charge in [0, 0.05) is 6.07 Å². The van der Waals surface area contributed by atoms with Crippen LogP contribution in [0.25, 0.3) is 6.08 Å². The average Bonchev–Trinajstić information content (AvgIpc) is 3.10. The minimum absolute atomic E-state index is 0.0903. The SMILES string of the molecule is COc1ccc(C(=O)Oc2ccc3c(c2)OC(=Cc2cccc(Cl)c2Cl)C3=O)cc1OC. The minimum Gasteiger partial charge on any atom is -0.493 e. The molecule has 0 fully saturated rings. The van der Waals surface area contributed by atoms with E-state index >= 15 is 0 Å². The van der Waals surface area contributed by atoms with Gasteiger partial charge in [0.1, 0.15) is 11.5 Å². The number of methoxy groups -OCH3 is 2. The zero-order chi connectivity index (χ0) is 22.8.